The summed E-state index contributed by atoms with van der Waals surface area (Å²) in [6.45, 7) is 0.303. The number of nitrogens with zero attached hydrogens (tertiary/aromatic N) is 2. The van der Waals surface area contributed by atoms with E-state index >= 15 is 0 Å². The SMILES string of the molecule is Cn1c(-c2cccc(F)c2)nc(Cl)c1CN. The summed E-state index contributed by atoms with van der Waals surface area (Å²) < 4.78 is 14.9. The van der Waals surface area contributed by atoms with E-state index in [0.717, 1.165) is 5.69 Å². The van der Waals surface area contributed by atoms with Gasteiger partial charge in [-0.3, -0.25) is 0 Å². The second kappa shape index (κ2) is 4.23. The fraction of sp³-hybridized carbons (Fsp3) is 0.182. The molecule has 0 radical (unpaired) electrons. The third-order valence-corrected chi connectivity index (χ3v) is 2.74. The molecule has 2 aromatic rings. The van der Waals surface area contributed by atoms with Gasteiger partial charge in [-0.05, 0) is 12.1 Å². The third-order valence-electron chi connectivity index (χ3n) is 2.44. The zero-order valence-electron chi connectivity index (χ0n) is 8.74. The predicted molar refractivity (Wildman–Crippen MR) is 61.5 cm³/mol. The zero-order chi connectivity index (χ0) is 11.7. The summed E-state index contributed by atoms with van der Waals surface area (Å²) in [6.07, 6.45) is 0. The van der Waals surface area contributed by atoms with E-state index in [0.29, 0.717) is 23.1 Å². The van der Waals surface area contributed by atoms with Crippen LogP contribution in [0, 0.1) is 5.82 Å². The molecule has 0 saturated heterocycles. The minimum Gasteiger partial charge on any atom is -0.329 e. The number of hydrogen-bond acceptors (Lipinski definition) is 2. The highest BCUT2D eigenvalue weighted by Gasteiger charge is 2.13. The number of hydrogen-bond donors (Lipinski definition) is 1. The molecule has 0 aliphatic rings. The molecule has 0 aliphatic heterocycles. The molecule has 0 fully saturated rings. The van der Waals surface area contributed by atoms with Crippen molar-refractivity contribution in [1.29, 1.82) is 0 Å². The molecular weight excluding hydrogens is 229 g/mol. The Kier molecular flexibility index (Phi) is 2.94. The number of imidazole rings is 1. The van der Waals surface area contributed by atoms with Crippen LogP contribution in [-0.4, -0.2) is 9.55 Å². The van der Waals surface area contributed by atoms with Crippen molar-refractivity contribution >= 4 is 11.6 Å². The molecule has 0 bridgehead atoms. The van der Waals surface area contributed by atoms with Gasteiger partial charge in [0.05, 0.1) is 5.69 Å². The first-order chi connectivity index (χ1) is 7.63. The normalized spacial score (nSPS) is 10.8. The van der Waals surface area contributed by atoms with Crippen LogP contribution >= 0.6 is 11.6 Å². The van der Waals surface area contributed by atoms with E-state index < -0.39 is 0 Å². The van der Waals surface area contributed by atoms with E-state index in [-0.39, 0.29) is 5.82 Å². The summed E-state index contributed by atoms with van der Waals surface area (Å²) in [5.41, 5.74) is 6.97. The maximum atomic E-state index is 13.1. The maximum absolute atomic E-state index is 13.1. The molecule has 2 N–H and O–H groups in total. The highest BCUT2D eigenvalue weighted by atomic mass is 35.5. The molecule has 3 nitrogen and oxygen atoms in total. The molecule has 0 spiro atoms. The van der Waals surface area contributed by atoms with Gasteiger partial charge in [-0.2, -0.15) is 0 Å². The molecule has 1 aromatic carbocycles. The highest BCUT2D eigenvalue weighted by molar-refractivity contribution is 6.30. The Morgan fingerprint density at radius 2 is 2.25 bits per heavy atom. The monoisotopic (exact) mass is 239 g/mol. The van der Waals surface area contributed by atoms with Crippen molar-refractivity contribution in [2.24, 2.45) is 12.8 Å². The summed E-state index contributed by atoms with van der Waals surface area (Å²) in [5, 5.41) is 0.365. The molecule has 2 rings (SSSR count). The smallest absolute Gasteiger partial charge is 0.152 e. The Balaban J connectivity index is 2.56. The highest BCUT2D eigenvalue weighted by Crippen LogP contribution is 2.24. The number of aromatic nitrogens is 2. The maximum Gasteiger partial charge on any atom is 0.152 e. The molecular formula is C11H11ClFN3. The molecule has 0 aliphatic carbocycles. The lowest BCUT2D eigenvalue weighted by atomic mass is 10.2. The van der Waals surface area contributed by atoms with Gasteiger partial charge < -0.3 is 10.3 Å². The topological polar surface area (TPSA) is 43.8 Å². The van der Waals surface area contributed by atoms with Gasteiger partial charge in [-0.1, -0.05) is 23.7 Å². The van der Waals surface area contributed by atoms with E-state index in [1.54, 1.807) is 23.7 Å². The average molecular weight is 240 g/mol. The van der Waals surface area contributed by atoms with E-state index in [1.165, 1.54) is 12.1 Å². The van der Waals surface area contributed by atoms with Crippen molar-refractivity contribution in [2.75, 3.05) is 0 Å². The van der Waals surface area contributed by atoms with Gasteiger partial charge in [0.15, 0.2) is 5.15 Å². The number of nitrogens with two attached hydrogens (primary N) is 1. The van der Waals surface area contributed by atoms with Gasteiger partial charge in [0.1, 0.15) is 11.6 Å². The molecule has 16 heavy (non-hydrogen) atoms. The fourth-order valence-electron chi connectivity index (χ4n) is 1.61. The Labute approximate surface area is 97.7 Å². The van der Waals surface area contributed by atoms with Crippen molar-refractivity contribution in [2.45, 2.75) is 6.54 Å². The molecule has 0 unspecified atom stereocenters. The van der Waals surface area contributed by atoms with E-state index in [1.807, 2.05) is 0 Å². The molecule has 1 aromatic heterocycles. The minimum absolute atomic E-state index is 0.300. The predicted octanol–water partition coefficient (Wildman–Crippen LogP) is 2.34. The Morgan fingerprint density at radius 3 is 2.81 bits per heavy atom. The van der Waals surface area contributed by atoms with Crippen LogP contribution < -0.4 is 5.73 Å². The standard InChI is InChI=1S/C11H11ClFN3/c1-16-9(6-14)10(12)15-11(16)7-3-2-4-8(13)5-7/h2-5H,6,14H2,1H3. The van der Waals surface area contributed by atoms with Crippen LogP contribution in [0.15, 0.2) is 24.3 Å². The van der Waals surface area contributed by atoms with Crippen LogP contribution in [-0.2, 0) is 13.6 Å². The van der Waals surface area contributed by atoms with Gasteiger partial charge in [-0.15, -0.1) is 0 Å². The molecule has 0 saturated carbocycles. The van der Waals surface area contributed by atoms with Gasteiger partial charge in [-0.25, -0.2) is 9.37 Å². The van der Waals surface area contributed by atoms with Crippen molar-refractivity contribution in [1.82, 2.24) is 9.55 Å². The van der Waals surface area contributed by atoms with Crippen LogP contribution in [0.3, 0.4) is 0 Å². The Bertz CT molecular complexity index is 522. The minimum atomic E-state index is -0.300. The summed E-state index contributed by atoms with van der Waals surface area (Å²) in [5.74, 6) is 0.316. The number of halogens is 2. The average Bonchev–Trinajstić information content (AvgIpc) is 2.54. The molecule has 5 heteroatoms. The van der Waals surface area contributed by atoms with Crippen LogP contribution in [0.2, 0.25) is 5.15 Å². The summed E-state index contributed by atoms with van der Waals surface area (Å²) in [4.78, 5) is 4.17. The lowest BCUT2D eigenvalue weighted by Gasteiger charge is -2.04. The van der Waals surface area contributed by atoms with Gasteiger partial charge in [0.25, 0.3) is 0 Å². The van der Waals surface area contributed by atoms with Gasteiger partial charge in [0.2, 0.25) is 0 Å². The van der Waals surface area contributed by atoms with Gasteiger partial charge in [0, 0.05) is 19.2 Å². The first-order valence-corrected chi connectivity index (χ1v) is 5.18. The lowest BCUT2D eigenvalue weighted by molar-refractivity contribution is 0.628. The van der Waals surface area contributed by atoms with E-state index in [2.05, 4.69) is 4.98 Å². The van der Waals surface area contributed by atoms with Crippen molar-refractivity contribution in [3.8, 4) is 11.4 Å². The first kappa shape index (κ1) is 11.1. The first-order valence-electron chi connectivity index (χ1n) is 4.80. The van der Waals surface area contributed by atoms with E-state index in [4.69, 9.17) is 17.3 Å². The largest absolute Gasteiger partial charge is 0.329 e. The number of rotatable bonds is 2. The summed E-state index contributed by atoms with van der Waals surface area (Å²) >= 11 is 5.93. The molecule has 0 atom stereocenters. The van der Waals surface area contributed by atoms with Crippen LogP contribution in [0.1, 0.15) is 5.69 Å². The zero-order valence-corrected chi connectivity index (χ0v) is 9.50. The van der Waals surface area contributed by atoms with Gasteiger partial charge >= 0.3 is 0 Å². The van der Waals surface area contributed by atoms with Crippen LogP contribution in [0.25, 0.3) is 11.4 Å². The molecule has 1 heterocycles. The fourth-order valence-corrected chi connectivity index (χ4v) is 1.89. The van der Waals surface area contributed by atoms with Crippen molar-refractivity contribution in [3.05, 3.63) is 40.9 Å². The van der Waals surface area contributed by atoms with Crippen molar-refractivity contribution < 1.29 is 4.39 Å². The summed E-state index contributed by atoms with van der Waals surface area (Å²) in [7, 11) is 1.81. The second-order valence-corrected chi connectivity index (χ2v) is 3.80. The molecule has 84 valence electrons. The quantitative estimate of drug-likeness (QED) is 0.874. The van der Waals surface area contributed by atoms with Crippen LogP contribution in [0.5, 0.6) is 0 Å². The second-order valence-electron chi connectivity index (χ2n) is 3.45. The molecule has 0 amide bonds. The van der Waals surface area contributed by atoms with Crippen LogP contribution in [0.4, 0.5) is 4.39 Å². The van der Waals surface area contributed by atoms with E-state index in [9.17, 15) is 4.39 Å². The third kappa shape index (κ3) is 1.81. The summed E-state index contributed by atoms with van der Waals surface area (Å²) in [6, 6.07) is 6.22. The Morgan fingerprint density at radius 1 is 1.50 bits per heavy atom. The lowest BCUT2D eigenvalue weighted by Crippen LogP contribution is -2.04. The number of benzene rings is 1. The van der Waals surface area contributed by atoms with Crippen molar-refractivity contribution in [3.63, 3.8) is 0 Å². The Hall–Kier alpha value is -1.39.